The first kappa shape index (κ1) is 14.0. The Labute approximate surface area is 119 Å². The predicted molar refractivity (Wildman–Crippen MR) is 80.8 cm³/mol. The zero-order chi connectivity index (χ0) is 13.1. The molecular weight excluding hydrogens is 288 g/mol. The number of rotatable bonds is 4. The minimum Gasteiger partial charge on any atom is -0.306 e. The largest absolute Gasteiger partial charge is 0.306 e. The van der Waals surface area contributed by atoms with Gasteiger partial charge in [0.2, 0.25) is 0 Å². The van der Waals surface area contributed by atoms with Crippen LogP contribution >= 0.6 is 15.9 Å². The zero-order valence-corrected chi connectivity index (χ0v) is 13.1. The third kappa shape index (κ3) is 3.56. The maximum Gasteiger partial charge on any atom is 0.0295 e. The Morgan fingerprint density at radius 2 is 2.11 bits per heavy atom. The molecule has 0 aliphatic carbocycles. The molecule has 18 heavy (non-hydrogen) atoms. The molecule has 2 atom stereocenters. The van der Waals surface area contributed by atoms with Crippen LogP contribution in [0.5, 0.6) is 0 Å². The second-order valence-electron chi connectivity index (χ2n) is 5.52. The van der Waals surface area contributed by atoms with Crippen LogP contribution in [0.4, 0.5) is 0 Å². The van der Waals surface area contributed by atoms with Gasteiger partial charge in [-0.3, -0.25) is 4.90 Å². The van der Waals surface area contributed by atoms with Crippen molar-refractivity contribution in [3.63, 3.8) is 0 Å². The van der Waals surface area contributed by atoms with Crippen LogP contribution in [0.3, 0.4) is 0 Å². The first-order valence-electron chi connectivity index (χ1n) is 6.82. The van der Waals surface area contributed by atoms with Gasteiger partial charge in [-0.25, -0.2) is 0 Å². The number of benzene rings is 1. The number of hydrogen-bond acceptors (Lipinski definition) is 2. The van der Waals surface area contributed by atoms with Crippen molar-refractivity contribution in [2.75, 3.05) is 13.1 Å². The van der Waals surface area contributed by atoms with Crippen LogP contribution < -0.4 is 5.32 Å². The third-order valence-electron chi connectivity index (χ3n) is 3.78. The topological polar surface area (TPSA) is 15.3 Å². The molecule has 1 saturated heterocycles. The Bertz CT molecular complexity index is 392. The van der Waals surface area contributed by atoms with E-state index in [1.807, 2.05) is 0 Å². The lowest BCUT2D eigenvalue weighted by molar-refractivity contribution is 0.266. The molecule has 2 nitrogen and oxygen atoms in total. The summed E-state index contributed by atoms with van der Waals surface area (Å²) in [6, 6.07) is 10.3. The summed E-state index contributed by atoms with van der Waals surface area (Å²) in [5, 5.41) is 3.74. The Hall–Kier alpha value is -0.380. The van der Waals surface area contributed by atoms with Crippen molar-refractivity contribution in [2.24, 2.45) is 0 Å². The maximum atomic E-state index is 3.74. The van der Waals surface area contributed by atoms with Crippen LogP contribution in [0.1, 0.15) is 38.8 Å². The zero-order valence-electron chi connectivity index (χ0n) is 11.5. The highest BCUT2D eigenvalue weighted by Gasteiger charge is 2.25. The van der Waals surface area contributed by atoms with Gasteiger partial charge in [-0.05, 0) is 51.4 Å². The average molecular weight is 311 g/mol. The van der Waals surface area contributed by atoms with E-state index in [0.717, 1.165) is 4.47 Å². The van der Waals surface area contributed by atoms with Gasteiger partial charge >= 0.3 is 0 Å². The van der Waals surface area contributed by atoms with Gasteiger partial charge in [0.15, 0.2) is 0 Å². The van der Waals surface area contributed by atoms with Crippen LogP contribution in [0.15, 0.2) is 28.7 Å². The second kappa shape index (κ2) is 6.18. The van der Waals surface area contributed by atoms with E-state index >= 15 is 0 Å². The molecule has 1 N–H and O–H groups in total. The SMILES string of the molecule is CC(NC1CCN(C(C)C)C1)c1cccc(Br)c1. The Morgan fingerprint density at radius 3 is 2.72 bits per heavy atom. The molecule has 1 fully saturated rings. The Balaban J connectivity index is 1.90. The summed E-state index contributed by atoms with van der Waals surface area (Å²) in [5.74, 6) is 0. The number of halogens is 1. The minimum absolute atomic E-state index is 0.416. The fraction of sp³-hybridized carbons (Fsp3) is 0.600. The fourth-order valence-corrected chi connectivity index (χ4v) is 3.04. The molecule has 0 saturated carbocycles. The fourth-order valence-electron chi connectivity index (χ4n) is 2.62. The highest BCUT2D eigenvalue weighted by atomic mass is 79.9. The summed E-state index contributed by atoms with van der Waals surface area (Å²) >= 11 is 3.54. The van der Waals surface area contributed by atoms with Crippen LogP contribution in [0, 0.1) is 0 Å². The Kier molecular flexibility index (Phi) is 4.82. The van der Waals surface area contributed by atoms with Crippen LogP contribution in [-0.2, 0) is 0 Å². The van der Waals surface area contributed by atoms with Crippen molar-refractivity contribution in [3.05, 3.63) is 34.3 Å². The van der Waals surface area contributed by atoms with Gasteiger partial charge in [0.25, 0.3) is 0 Å². The predicted octanol–water partition coefficient (Wildman–Crippen LogP) is 3.58. The van der Waals surface area contributed by atoms with Crippen molar-refractivity contribution < 1.29 is 0 Å². The number of hydrogen-bond donors (Lipinski definition) is 1. The van der Waals surface area contributed by atoms with Crippen molar-refractivity contribution in [3.8, 4) is 0 Å². The molecule has 0 aromatic heterocycles. The molecule has 2 unspecified atom stereocenters. The maximum absolute atomic E-state index is 3.74. The molecule has 2 rings (SSSR count). The quantitative estimate of drug-likeness (QED) is 0.914. The molecule has 1 heterocycles. The normalized spacial score (nSPS) is 22.6. The molecule has 0 spiro atoms. The second-order valence-corrected chi connectivity index (χ2v) is 6.43. The monoisotopic (exact) mass is 310 g/mol. The van der Waals surface area contributed by atoms with E-state index < -0.39 is 0 Å². The highest BCUT2D eigenvalue weighted by molar-refractivity contribution is 9.10. The van der Waals surface area contributed by atoms with Gasteiger partial charge in [0, 0.05) is 29.1 Å². The molecule has 0 radical (unpaired) electrons. The molecule has 3 heteroatoms. The van der Waals surface area contributed by atoms with Gasteiger partial charge < -0.3 is 5.32 Å². The van der Waals surface area contributed by atoms with E-state index in [1.165, 1.54) is 25.1 Å². The summed E-state index contributed by atoms with van der Waals surface area (Å²) in [5.41, 5.74) is 1.35. The van der Waals surface area contributed by atoms with E-state index in [2.05, 4.69) is 71.2 Å². The summed E-state index contributed by atoms with van der Waals surface area (Å²) in [7, 11) is 0. The van der Waals surface area contributed by atoms with E-state index in [4.69, 9.17) is 0 Å². The van der Waals surface area contributed by atoms with Crippen molar-refractivity contribution in [1.82, 2.24) is 10.2 Å². The molecule has 1 aromatic carbocycles. The van der Waals surface area contributed by atoms with Gasteiger partial charge in [0.05, 0.1) is 0 Å². The highest BCUT2D eigenvalue weighted by Crippen LogP contribution is 2.20. The minimum atomic E-state index is 0.416. The van der Waals surface area contributed by atoms with Crippen LogP contribution in [0.2, 0.25) is 0 Å². The van der Waals surface area contributed by atoms with Gasteiger partial charge in [-0.1, -0.05) is 28.1 Å². The summed E-state index contributed by atoms with van der Waals surface area (Å²) in [6.07, 6.45) is 1.26. The van der Waals surface area contributed by atoms with Gasteiger partial charge in [-0.15, -0.1) is 0 Å². The molecule has 100 valence electrons. The van der Waals surface area contributed by atoms with Gasteiger partial charge in [0.1, 0.15) is 0 Å². The molecule has 0 bridgehead atoms. The van der Waals surface area contributed by atoms with Crippen molar-refractivity contribution in [1.29, 1.82) is 0 Å². The molecular formula is C15H23BrN2. The number of nitrogens with zero attached hydrogens (tertiary/aromatic N) is 1. The number of nitrogens with one attached hydrogen (secondary N) is 1. The van der Waals surface area contributed by atoms with Crippen LogP contribution in [-0.4, -0.2) is 30.1 Å². The summed E-state index contributed by atoms with van der Waals surface area (Å²) in [4.78, 5) is 2.55. The van der Waals surface area contributed by atoms with Crippen molar-refractivity contribution in [2.45, 2.75) is 45.3 Å². The third-order valence-corrected chi connectivity index (χ3v) is 4.28. The lowest BCUT2D eigenvalue weighted by atomic mass is 10.1. The summed E-state index contributed by atoms with van der Waals surface area (Å²) in [6.45, 7) is 9.20. The Morgan fingerprint density at radius 1 is 1.33 bits per heavy atom. The first-order chi connectivity index (χ1) is 8.56. The van der Waals surface area contributed by atoms with Crippen LogP contribution in [0.25, 0.3) is 0 Å². The molecule has 1 aromatic rings. The summed E-state index contributed by atoms with van der Waals surface area (Å²) < 4.78 is 1.16. The molecule has 0 amide bonds. The first-order valence-corrected chi connectivity index (χ1v) is 7.61. The van der Waals surface area contributed by atoms with E-state index in [-0.39, 0.29) is 0 Å². The standard InChI is InChI=1S/C15H23BrN2/c1-11(2)18-8-7-15(10-18)17-12(3)13-5-4-6-14(16)9-13/h4-6,9,11-12,15,17H,7-8,10H2,1-3H3. The lowest BCUT2D eigenvalue weighted by Gasteiger charge is -2.23. The van der Waals surface area contributed by atoms with E-state index in [9.17, 15) is 0 Å². The van der Waals surface area contributed by atoms with E-state index in [1.54, 1.807) is 0 Å². The lowest BCUT2D eigenvalue weighted by Crippen LogP contribution is -2.36. The van der Waals surface area contributed by atoms with Gasteiger partial charge in [-0.2, -0.15) is 0 Å². The number of likely N-dealkylation sites (tertiary alicyclic amines) is 1. The van der Waals surface area contributed by atoms with Crippen molar-refractivity contribution >= 4 is 15.9 Å². The molecule has 1 aliphatic heterocycles. The molecule has 1 aliphatic rings. The average Bonchev–Trinajstić information content (AvgIpc) is 2.77. The smallest absolute Gasteiger partial charge is 0.0295 e. The van der Waals surface area contributed by atoms with E-state index in [0.29, 0.717) is 18.1 Å².